The van der Waals surface area contributed by atoms with Crippen molar-refractivity contribution in [2.45, 2.75) is 13.0 Å². The average molecular weight is 296 g/mol. The summed E-state index contributed by atoms with van der Waals surface area (Å²) in [6, 6.07) is 1.13. The van der Waals surface area contributed by atoms with Crippen molar-refractivity contribution in [1.82, 2.24) is 15.3 Å². The van der Waals surface area contributed by atoms with Crippen molar-refractivity contribution in [2.24, 2.45) is 0 Å². The van der Waals surface area contributed by atoms with E-state index in [9.17, 15) is 4.79 Å². The number of nitrogens with zero attached hydrogens (tertiary/aromatic N) is 3. The number of hydrogen-bond donors (Lipinski definition) is 1. The molecule has 116 valence electrons. The first-order chi connectivity index (χ1) is 10.2. The van der Waals surface area contributed by atoms with Crippen LogP contribution < -0.4 is 19.7 Å². The second-order valence-electron chi connectivity index (χ2n) is 4.42. The Kier molecular flexibility index (Phi) is 5.15. The molecule has 0 amide bonds. The lowest BCUT2D eigenvalue weighted by atomic mass is 10.2. The number of hydrogen-bond acceptors (Lipinski definition) is 8. The summed E-state index contributed by atoms with van der Waals surface area (Å²) in [6.07, 6.45) is 0. The quantitative estimate of drug-likeness (QED) is 0.750. The van der Waals surface area contributed by atoms with Gasteiger partial charge in [-0.05, 0) is 6.92 Å². The Hall–Kier alpha value is -2.09. The number of carbonyl (C=O) groups is 1. The third-order valence-corrected chi connectivity index (χ3v) is 3.14. The highest BCUT2D eigenvalue weighted by Crippen LogP contribution is 2.22. The molecule has 0 spiro atoms. The lowest BCUT2D eigenvalue weighted by Gasteiger charge is -2.34. The van der Waals surface area contributed by atoms with E-state index < -0.39 is 6.04 Å². The van der Waals surface area contributed by atoms with E-state index in [0.717, 1.165) is 6.54 Å². The molecule has 2 rings (SSSR count). The molecule has 1 saturated heterocycles. The van der Waals surface area contributed by atoms with Gasteiger partial charge in [-0.2, -0.15) is 9.97 Å². The monoisotopic (exact) mass is 296 g/mol. The predicted molar refractivity (Wildman–Crippen MR) is 75.8 cm³/mol. The molecule has 1 aromatic rings. The highest BCUT2D eigenvalue weighted by atomic mass is 16.5. The van der Waals surface area contributed by atoms with E-state index in [0.29, 0.717) is 37.4 Å². The minimum Gasteiger partial charge on any atom is -0.481 e. The standard InChI is InChI=1S/C13H20N4O4/c1-4-21-12(18)9-8-14-5-6-17(9)13-15-10(19-2)7-11(16-13)20-3/h7,9,14H,4-6,8H2,1-3H3. The maximum absolute atomic E-state index is 12.1. The summed E-state index contributed by atoms with van der Waals surface area (Å²) in [4.78, 5) is 22.5. The van der Waals surface area contributed by atoms with Gasteiger partial charge >= 0.3 is 5.97 Å². The van der Waals surface area contributed by atoms with Crippen LogP contribution in [0.4, 0.5) is 5.95 Å². The zero-order valence-electron chi connectivity index (χ0n) is 12.5. The van der Waals surface area contributed by atoms with Crippen molar-refractivity contribution < 1.29 is 19.0 Å². The maximum Gasteiger partial charge on any atom is 0.330 e. The maximum atomic E-state index is 12.1. The molecule has 0 saturated carbocycles. The molecule has 1 fully saturated rings. The van der Waals surface area contributed by atoms with Gasteiger partial charge in [-0.25, -0.2) is 4.79 Å². The molecular formula is C13H20N4O4. The third kappa shape index (κ3) is 3.52. The molecule has 8 nitrogen and oxygen atoms in total. The van der Waals surface area contributed by atoms with Gasteiger partial charge in [0.05, 0.1) is 26.9 Å². The molecule has 2 heterocycles. The molecule has 1 aliphatic heterocycles. The van der Waals surface area contributed by atoms with Crippen molar-refractivity contribution in [1.29, 1.82) is 0 Å². The van der Waals surface area contributed by atoms with Crippen LogP contribution in [0.1, 0.15) is 6.92 Å². The first-order valence-electron chi connectivity index (χ1n) is 6.80. The number of anilines is 1. The molecule has 1 N–H and O–H groups in total. The summed E-state index contributed by atoms with van der Waals surface area (Å²) in [6.45, 7) is 3.94. The van der Waals surface area contributed by atoms with Crippen LogP contribution in [0.15, 0.2) is 6.07 Å². The van der Waals surface area contributed by atoms with E-state index in [1.165, 1.54) is 14.2 Å². The van der Waals surface area contributed by atoms with Crippen LogP contribution in [0.25, 0.3) is 0 Å². The predicted octanol–water partition coefficient (Wildman–Crippen LogP) is -0.165. The summed E-state index contributed by atoms with van der Waals surface area (Å²) in [5.74, 6) is 0.872. The van der Waals surface area contributed by atoms with Crippen molar-refractivity contribution in [3.05, 3.63) is 6.07 Å². The lowest BCUT2D eigenvalue weighted by molar-refractivity contribution is -0.144. The Morgan fingerprint density at radius 2 is 2.05 bits per heavy atom. The number of esters is 1. The van der Waals surface area contributed by atoms with Gasteiger partial charge in [0.15, 0.2) is 0 Å². The molecule has 0 aliphatic carbocycles. The third-order valence-electron chi connectivity index (χ3n) is 3.14. The summed E-state index contributed by atoms with van der Waals surface area (Å²) in [7, 11) is 3.04. The Morgan fingerprint density at radius 3 is 2.62 bits per heavy atom. The van der Waals surface area contributed by atoms with Gasteiger partial charge in [-0.15, -0.1) is 0 Å². The Labute approximate surface area is 123 Å². The van der Waals surface area contributed by atoms with Gasteiger partial charge in [0.1, 0.15) is 6.04 Å². The van der Waals surface area contributed by atoms with Crippen LogP contribution in [0.3, 0.4) is 0 Å². The fourth-order valence-corrected chi connectivity index (χ4v) is 2.12. The van der Waals surface area contributed by atoms with Gasteiger partial charge in [-0.1, -0.05) is 0 Å². The number of carbonyl (C=O) groups excluding carboxylic acids is 1. The van der Waals surface area contributed by atoms with E-state index in [1.54, 1.807) is 17.9 Å². The number of piperazine rings is 1. The molecule has 1 atom stereocenters. The Bertz CT molecular complexity index is 475. The minimum atomic E-state index is -0.462. The molecular weight excluding hydrogens is 276 g/mol. The van der Waals surface area contributed by atoms with Gasteiger partial charge in [0.25, 0.3) is 0 Å². The summed E-state index contributed by atoms with van der Waals surface area (Å²) < 4.78 is 15.4. The van der Waals surface area contributed by atoms with Crippen LogP contribution in [0.5, 0.6) is 11.8 Å². The van der Waals surface area contributed by atoms with Gasteiger partial charge in [0, 0.05) is 19.6 Å². The van der Waals surface area contributed by atoms with Crippen molar-refractivity contribution in [3.8, 4) is 11.8 Å². The normalized spacial score (nSPS) is 18.2. The number of aromatic nitrogens is 2. The van der Waals surface area contributed by atoms with Crippen molar-refractivity contribution in [2.75, 3.05) is 45.4 Å². The molecule has 8 heteroatoms. The fraction of sp³-hybridized carbons (Fsp3) is 0.615. The zero-order chi connectivity index (χ0) is 15.2. The fourth-order valence-electron chi connectivity index (χ4n) is 2.12. The minimum absolute atomic E-state index is 0.296. The molecule has 0 radical (unpaired) electrons. The average Bonchev–Trinajstić information content (AvgIpc) is 2.54. The molecule has 0 bridgehead atoms. The zero-order valence-corrected chi connectivity index (χ0v) is 12.5. The molecule has 1 unspecified atom stereocenters. The van der Waals surface area contributed by atoms with Crippen LogP contribution in [-0.4, -0.2) is 62.4 Å². The number of nitrogens with one attached hydrogen (secondary N) is 1. The number of rotatable bonds is 5. The van der Waals surface area contributed by atoms with E-state index in [2.05, 4.69) is 15.3 Å². The van der Waals surface area contributed by atoms with E-state index in [4.69, 9.17) is 14.2 Å². The highest BCUT2D eigenvalue weighted by molar-refractivity contribution is 5.80. The van der Waals surface area contributed by atoms with E-state index in [-0.39, 0.29) is 5.97 Å². The van der Waals surface area contributed by atoms with Gasteiger partial charge < -0.3 is 24.4 Å². The summed E-state index contributed by atoms with van der Waals surface area (Å²) in [5.41, 5.74) is 0. The number of methoxy groups -OCH3 is 2. The van der Waals surface area contributed by atoms with Gasteiger partial charge in [0.2, 0.25) is 17.7 Å². The topological polar surface area (TPSA) is 85.8 Å². The second kappa shape index (κ2) is 7.07. The van der Waals surface area contributed by atoms with Crippen LogP contribution >= 0.6 is 0 Å². The SMILES string of the molecule is CCOC(=O)C1CNCCN1c1nc(OC)cc(OC)n1. The molecule has 0 aromatic carbocycles. The summed E-state index contributed by atoms with van der Waals surface area (Å²) in [5, 5.41) is 3.17. The van der Waals surface area contributed by atoms with E-state index >= 15 is 0 Å². The largest absolute Gasteiger partial charge is 0.481 e. The lowest BCUT2D eigenvalue weighted by Crippen LogP contribution is -2.56. The van der Waals surface area contributed by atoms with E-state index in [1.807, 2.05) is 0 Å². The Balaban J connectivity index is 2.30. The number of ether oxygens (including phenoxy) is 3. The first-order valence-corrected chi connectivity index (χ1v) is 6.80. The van der Waals surface area contributed by atoms with Crippen molar-refractivity contribution >= 4 is 11.9 Å². The molecule has 1 aromatic heterocycles. The smallest absolute Gasteiger partial charge is 0.330 e. The summed E-state index contributed by atoms with van der Waals surface area (Å²) >= 11 is 0. The first kappa shape index (κ1) is 15.3. The second-order valence-corrected chi connectivity index (χ2v) is 4.42. The van der Waals surface area contributed by atoms with Crippen LogP contribution in [0.2, 0.25) is 0 Å². The highest BCUT2D eigenvalue weighted by Gasteiger charge is 2.32. The van der Waals surface area contributed by atoms with Crippen molar-refractivity contribution in [3.63, 3.8) is 0 Å². The van der Waals surface area contributed by atoms with Crippen LogP contribution in [0, 0.1) is 0 Å². The molecule has 21 heavy (non-hydrogen) atoms. The van der Waals surface area contributed by atoms with Crippen LogP contribution in [-0.2, 0) is 9.53 Å². The Morgan fingerprint density at radius 1 is 1.38 bits per heavy atom. The molecule has 1 aliphatic rings. The van der Waals surface area contributed by atoms with Gasteiger partial charge in [-0.3, -0.25) is 0 Å².